The molecule has 0 radical (unpaired) electrons. The third-order valence-electron chi connectivity index (χ3n) is 3.18. The van der Waals surface area contributed by atoms with Gasteiger partial charge in [0.2, 0.25) is 0 Å². The molecular weight excluding hydrogens is 212 g/mol. The molecule has 2 N–H and O–H groups in total. The Bertz CT molecular complexity index is 335. The zero-order chi connectivity index (χ0) is 11.9. The maximum Gasteiger partial charge on any atom is 0.0716 e. The lowest BCUT2D eigenvalue weighted by Gasteiger charge is -2.24. The van der Waals surface area contributed by atoms with Gasteiger partial charge in [-0.25, -0.2) is 0 Å². The molecule has 94 valence electrons. The maximum absolute atomic E-state index is 5.67. The maximum atomic E-state index is 5.67. The highest BCUT2D eigenvalue weighted by molar-refractivity contribution is 5.50. The Morgan fingerprint density at radius 2 is 2.29 bits per heavy atom. The molecule has 0 aliphatic carbocycles. The van der Waals surface area contributed by atoms with Crippen LogP contribution in [0.5, 0.6) is 0 Å². The van der Waals surface area contributed by atoms with Gasteiger partial charge in [-0.3, -0.25) is 0 Å². The lowest BCUT2D eigenvalue weighted by atomic mass is 10.1. The van der Waals surface area contributed by atoms with Crippen LogP contribution in [0.2, 0.25) is 0 Å². The Balaban J connectivity index is 1.77. The van der Waals surface area contributed by atoms with Gasteiger partial charge in [-0.1, -0.05) is 25.1 Å². The standard InChI is InChI=1S/C14H22N2O/c1-2-12-5-3-4-6-14(12)16-8-7-13-11-15-9-10-17-13/h3-6,13,15-16H,2,7-11H2,1H3. The van der Waals surface area contributed by atoms with Crippen molar-refractivity contribution in [2.24, 2.45) is 0 Å². The van der Waals surface area contributed by atoms with E-state index >= 15 is 0 Å². The zero-order valence-electron chi connectivity index (χ0n) is 10.5. The minimum absolute atomic E-state index is 0.366. The van der Waals surface area contributed by atoms with E-state index in [1.165, 1.54) is 11.3 Å². The summed E-state index contributed by atoms with van der Waals surface area (Å²) in [7, 11) is 0. The average Bonchev–Trinajstić information content (AvgIpc) is 2.40. The molecule has 1 aromatic rings. The normalized spacial score (nSPS) is 20.2. The summed E-state index contributed by atoms with van der Waals surface area (Å²) in [5.41, 5.74) is 2.65. The predicted molar refractivity (Wildman–Crippen MR) is 71.5 cm³/mol. The molecule has 1 aliphatic heterocycles. The van der Waals surface area contributed by atoms with Gasteiger partial charge in [0, 0.05) is 25.3 Å². The van der Waals surface area contributed by atoms with E-state index in [1.54, 1.807) is 0 Å². The summed E-state index contributed by atoms with van der Waals surface area (Å²) >= 11 is 0. The molecule has 1 unspecified atom stereocenters. The van der Waals surface area contributed by atoms with Crippen LogP contribution in [0.4, 0.5) is 5.69 Å². The van der Waals surface area contributed by atoms with E-state index < -0.39 is 0 Å². The van der Waals surface area contributed by atoms with Crippen molar-refractivity contribution in [2.45, 2.75) is 25.9 Å². The fourth-order valence-corrected chi connectivity index (χ4v) is 2.17. The van der Waals surface area contributed by atoms with Crippen LogP contribution in [0.15, 0.2) is 24.3 Å². The van der Waals surface area contributed by atoms with Gasteiger partial charge in [-0.05, 0) is 24.5 Å². The molecule has 17 heavy (non-hydrogen) atoms. The summed E-state index contributed by atoms with van der Waals surface area (Å²) in [6.07, 6.45) is 2.50. The summed E-state index contributed by atoms with van der Waals surface area (Å²) in [6, 6.07) is 8.51. The molecule has 2 rings (SSSR count). The SMILES string of the molecule is CCc1ccccc1NCCC1CNCCO1. The van der Waals surface area contributed by atoms with E-state index in [4.69, 9.17) is 4.74 Å². The molecule has 3 nitrogen and oxygen atoms in total. The number of hydrogen-bond donors (Lipinski definition) is 2. The van der Waals surface area contributed by atoms with Gasteiger partial charge < -0.3 is 15.4 Å². The highest BCUT2D eigenvalue weighted by Gasteiger charge is 2.12. The molecule has 1 saturated heterocycles. The van der Waals surface area contributed by atoms with Crippen molar-refractivity contribution in [3.63, 3.8) is 0 Å². The third-order valence-corrected chi connectivity index (χ3v) is 3.18. The second kappa shape index (κ2) is 6.62. The number of ether oxygens (including phenoxy) is 1. The quantitative estimate of drug-likeness (QED) is 0.818. The number of hydrogen-bond acceptors (Lipinski definition) is 3. The van der Waals surface area contributed by atoms with Gasteiger partial charge in [0.25, 0.3) is 0 Å². The van der Waals surface area contributed by atoms with Crippen molar-refractivity contribution in [1.29, 1.82) is 0 Å². The van der Waals surface area contributed by atoms with Gasteiger partial charge >= 0.3 is 0 Å². The topological polar surface area (TPSA) is 33.3 Å². The monoisotopic (exact) mass is 234 g/mol. The van der Waals surface area contributed by atoms with Crippen LogP contribution in [-0.2, 0) is 11.2 Å². The molecule has 0 amide bonds. The summed E-state index contributed by atoms with van der Waals surface area (Å²) in [4.78, 5) is 0. The van der Waals surface area contributed by atoms with E-state index in [2.05, 4.69) is 41.8 Å². The van der Waals surface area contributed by atoms with E-state index in [-0.39, 0.29) is 0 Å². The summed E-state index contributed by atoms with van der Waals surface area (Å²) in [6.45, 7) is 5.98. The van der Waals surface area contributed by atoms with Crippen molar-refractivity contribution in [3.05, 3.63) is 29.8 Å². The molecule has 0 saturated carbocycles. The van der Waals surface area contributed by atoms with Gasteiger partial charge in [0.1, 0.15) is 0 Å². The van der Waals surface area contributed by atoms with Crippen molar-refractivity contribution in [1.82, 2.24) is 5.32 Å². The van der Waals surface area contributed by atoms with E-state index in [1.807, 2.05) is 0 Å². The first kappa shape index (κ1) is 12.4. The van der Waals surface area contributed by atoms with Crippen molar-refractivity contribution in [3.8, 4) is 0 Å². The first-order valence-corrected chi connectivity index (χ1v) is 6.54. The first-order chi connectivity index (χ1) is 8.40. The number of anilines is 1. The summed E-state index contributed by atoms with van der Waals surface area (Å²) in [5, 5.41) is 6.86. The predicted octanol–water partition coefficient (Wildman–Crippen LogP) is 2.04. The highest BCUT2D eigenvalue weighted by Crippen LogP contribution is 2.15. The van der Waals surface area contributed by atoms with Crippen LogP contribution >= 0.6 is 0 Å². The van der Waals surface area contributed by atoms with E-state index in [0.29, 0.717) is 6.10 Å². The Morgan fingerprint density at radius 3 is 3.06 bits per heavy atom. The van der Waals surface area contributed by atoms with Gasteiger partial charge in [-0.15, -0.1) is 0 Å². The molecule has 0 spiro atoms. The Hall–Kier alpha value is -1.06. The lowest BCUT2D eigenvalue weighted by molar-refractivity contribution is 0.0258. The molecule has 1 aromatic carbocycles. The fraction of sp³-hybridized carbons (Fsp3) is 0.571. The minimum atomic E-state index is 0.366. The van der Waals surface area contributed by atoms with Crippen LogP contribution < -0.4 is 10.6 Å². The smallest absolute Gasteiger partial charge is 0.0716 e. The number of nitrogens with one attached hydrogen (secondary N) is 2. The molecular formula is C14H22N2O. The van der Waals surface area contributed by atoms with Crippen LogP contribution in [0.1, 0.15) is 18.9 Å². The van der Waals surface area contributed by atoms with Crippen LogP contribution in [0.3, 0.4) is 0 Å². The van der Waals surface area contributed by atoms with Crippen molar-refractivity contribution >= 4 is 5.69 Å². The highest BCUT2D eigenvalue weighted by atomic mass is 16.5. The van der Waals surface area contributed by atoms with E-state index in [0.717, 1.165) is 39.1 Å². The molecule has 0 aromatic heterocycles. The molecule has 1 fully saturated rings. The molecule has 0 bridgehead atoms. The number of benzene rings is 1. The Kier molecular flexibility index (Phi) is 4.83. The van der Waals surface area contributed by atoms with Gasteiger partial charge in [0.15, 0.2) is 0 Å². The molecule has 3 heteroatoms. The summed E-state index contributed by atoms with van der Waals surface area (Å²) in [5.74, 6) is 0. The number of morpholine rings is 1. The number of para-hydroxylation sites is 1. The van der Waals surface area contributed by atoms with Gasteiger partial charge in [0.05, 0.1) is 12.7 Å². The Morgan fingerprint density at radius 1 is 1.41 bits per heavy atom. The lowest BCUT2D eigenvalue weighted by Crippen LogP contribution is -2.39. The number of rotatable bonds is 5. The first-order valence-electron chi connectivity index (χ1n) is 6.54. The minimum Gasteiger partial charge on any atom is -0.385 e. The Labute approximate surface area is 104 Å². The molecule has 1 aliphatic rings. The van der Waals surface area contributed by atoms with Crippen LogP contribution in [0, 0.1) is 0 Å². The van der Waals surface area contributed by atoms with Crippen molar-refractivity contribution < 1.29 is 4.74 Å². The average molecular weight is 234 g/mol. The molecule has 1 heterocycles. The van der Waals surface area contributed by atoms with Gasteiger partial charge in [-0.2, -0.15) is 0 Å². The second-order valence-electron chi connectivity index (χ2n) is 4.42. The second-order valence-corrected chi connectivity index (χ2v) is 4.42. The van der Waals surface area contributed by atoms with Crippen LogP contribution in [0.25, 0.3) is 0 Å². The summed E-state index contributed by atoms with van der Waals surface area (Å²) < 4.78 is 5.67. The third kappa shape index (κ3) is 3.72. The number of aryl methyl sites for hydroxylation is 1. The largest absolute Gasteiger partial charge is 0.385 e. The van der Waals surface area contributed by atoms with E-state index in [9.17, 15) is 0 Å². The van der Waals surface area contributed by atoms with Crippen LogP contribution in [-0.4, -0.2) is 32.3 Å². The fourth-order valence-electron chi connectivity index (χ4n) is 2.17. The molecule has 1 atom stereocenters. The zero-order valence-corrected chi connectivity index (χ0v) is 10.5. The van der Waals surface area contributed by atoms with Crippen molar-refractivity contribution in [2.75, 3.05) is 31.6 Å².